The van der Waals surface area contributed by atoms with Gasteiger partial charge in [0.25, 0.3) is 5.91 Å². The smallest absolute Gasteiger partial charge is 0.251 e. The summed E-state index contributed by atoms with van der Waals surface area (Å²) >= 11 is 0. The number of carbonyl (C=O) groups excluding carboxylic acids is 1. The van der Waals surface area contributed by atoms with E-state index >= 15 is 0 Å². The minimum absolute atomic E-state index is 0.168. The summed E-state index contributed by atoms with van der Waals surface area (Å²) in [4.78, 5) is 11.8. The number of alkyl halides is 2. The Kier molecular flexibility index (Phi) is 4.09. The lowest BCUT2D eigenvalue weighted by Gasteiger charge is -2.37. The number of halogens is 2. The van der Waals surface area contributed by atoms with Gasteiger partial charge >= 0.3 is 0 Å². The number of carbonyl (C=O) groups is 1. The molecule has 0 aliphatic heterocycles. The summed E-state index contributed by atoms with van der Waals surface area (Å²) in [6.45, 7) is 2.39. The molecule has 2 rings (SSSR count). The Hall–Kier alpha value is -1.49. The Balaban J connectivity index is 2.20. The second-order valence-corrected chi connectivity index (χ2v) is 5.45. The van der Waals surface area contributed by atoms with Gasteiger partial charge in [-0.2, -0.15) is 0 Å². The fraction of sp³-hybridized carbons (Fsp3) is 0.533. The molecule has 0 heterocycles. The molecule has 20 heavy (non-hydrogen) atoms. The Morgan fingerprint density at radius 2 is 1.95 bits per heavy atom. The van der Waals surface area contributed by atoms with Crippen molar-refractivity contribution >= 4 is 5.91 Å². The largest absolute Gasteiger partial charge is 0.352 e. The lowest BCUT2D eigenvalue weighted by atomic mass is 9.76. The van der Waals surface area contributed by atoms with Crippen LogP contribution in [0.15, 0.2) is 24.3 Å². The molecule has 110 valence electrons. The maximum absolute atomic E-state index is 13.3. The first kappa shape index (κ1) is 14.9. The molecule has 1 aliphatic rings. The minimum atomic E-state index is -2.61. The molecule has 1 aliphatic carbocycles. The standard InChI is InChI=1S/C15H20F2N2O/c1-2-19-13(20)11-4-3-5-12(10-11)14(18)6-8-15(16,17)9-7-14/h3-5,10H,2,6-9,18H2,1H3,(H,19,20). The van der Waals surface area contributed by atoms with Crippen LogP contribution in [-0.2, 0) is 5.54 Å². The molecule has 0 aromatic heterocycles. The topological polar surface area (TPSA) is 55.1 Å². The van der Waals surface area contributed by atoms with Crippen molar-refractivity contribution in [3.63, 3.8) is 0 Å². The van der Waals surface area contributed by atoms with E-state index in [9.17, 15) is 13.6 Å². The summed E-state index contributed by atoms with van der Waals surface area (Å²) in [6.07, 6.45) is 0.0709. The highest BCUT2D eigenvalue weighted by atomic mass is 19.3. The zero-order chi connectivity index (χ0) is 14.8. The van der Waals surface area contributed by atoms with E-state index in [-0.39, 0.29) is 31.6 Å². The third-order valence-electron chi connectivity index (χ3n) is 3.91. The molecule has 3 nitrogen and oxygen atoms in total. The van der Waals surface area contributed by atoms with Crippen molar-refractivity contribution < 1.29 is 13.6 Å². The van der Waals surface area contributed by atoms with E-state index < -0.39 is 11.5 Å². The van der Waals surface area contributed by atoms with Gasteiger partial charge in [0.05, 0.1) is 0 Å². The van der Waals surface area contributed by atoms with Crippen molar-refractivity contribution in [2.45, 2.75) is 44.1 Å². The van der Waals surface area contributed by atoms with Crippen molar-refractivity contribution in [3.8, 4) is 0 Å². The fourth-order valence-electron chi connectivity index (χ4n) is 2.58. The molecule has 0 radical (unpaired) electrons. The maximum atomic E-state index is 13.3. The van der Waals surface area contributed by atoms with Crippen LogP contribution in [0.5, 0.6) is 0 Å². The molecule has 0 saturated heterocycles. The van der Waals surface area contributed by atoms with Gasteiger partial charge in [-0.1, -0.05) is 12.1 Å². The van der Waals surface area contributed by atoms with Crippen LogP contribution in [-0.4, -0.2) is 18.4 Å². The number of rotatable bonds is 3. The molecular weight excluding hydrogens is 262 g/mol. The zero-order valence-corrected chi connectivity index (χ0v) is 11.6. The molecule has 3 N–H and O–H groups in total. The van der Waals surface area contributed by atoms with Gasteiger partial charge in [0, 0.05) is 30.5 Å². The molecule has 0 atom stereocenters. The van der Waals surface area contributed by atoms with Crippen LogP contribution in [0.1, 0.15) is 48.5 Å². The molecule has 0 unspecified atom stereocenters. The number of hydrogen-bond acceptors (Lipinski definition) is 2. The van der Waals surface area contributed by atoms with Crippen molar-refractivity contribution in [3.05, 3.63) is 35.4 Å². The lowest BCUT2D eigenvalue weighted by molar-refractivity contribution is -0.0514. The van der Waals surface area contributed by atoms with Crippen LogP contribution in [0, 0.1) is 0 Å². The van der Waals surface area contributed by atoms with Crippen LogP contribution in [0.2, 0.25) is 0 Å². The summed E-state index contributed by atoms with van der Waals surface area (Å²) in [7, 11) is 0. The van der Waals surface area contributed by atoms with E-state index in [2.05, 4.69) is 5.32 Å². The predicted octanol–water partition coefficient (Wildman–Crippen LogP) is 2.80. The van der Waals surface area contributed by atoms with E-state index in [1.807, 2.05) is 13.0 Å². The van der Waals surface area contributed by atoms with E-state index in [1.165, 1.54) is 0 Å². The molecule has 1 aromatic rings. The van der Waals surface area contributed by atoms with E-state index in [0.29, 0.717) is 12.1 Å². The van der Waals surface area contributed by atoms with Crippen LogP contribution < -0.4 is 11.1 Å². The molecule has 0 spiro atoms. The van der Waals surface area contributed by atoms with Crippen molar-refractivity contribution in [2.75, 3.05) is 6.54 Å². The third kappa shape index (κ3) is 3.15. The van der Waals surface area contributed by atoms with Crippen LogP contribution >= 0.6 is 0 Å². The second kappa shape index (κ2) is 5.48. The normalized spacial score (nSPS) is 20.4. The summed E-state index contributed by atoms with van der Waals surface area (Å²) in [5, 5.41) is 2.72. The molecule has 1 aromatic carbocycles. The quantitative estimate of drug-likeness (QED) is 0.895. The number of benzene rings is 1. The molecule has 1 saturated carbocycles. The monoisotopic (exact) mass is 282 g/mol. The van der Waals surface area contributed by atoms with Crippen molar-refractivity contribution in [1.29, 1.82) is 0 Å². The van der Waals surface area contributed by atoms with Crippen LogP contribution in [0.4, 0.5) is 8.78 Å². The summed E-state index contributed by atoms with van der Waals surface area (Å²) < 4.78 is 26.5. The fourth-order valence-corrected chi connectivity index (χ4v) is 2.58. The van der Waals surface area contributed by atoms with Crippen LogP contribution in [0.3, 0.4) is 0 Å². The molecular formula is C15H20F2N2O. The maximum Gasteiger partial charge on any atom is 0.251 e. The van der Waals surface area contributed by atoms with Gasteiger partial charge in [-0.25, -0.2) is 8.78 Å². The Morgan fingerprint density at radius 3 is 2.55 bits per heavy atom. The van der Waals surface area contributed by atoms with Gasteiger partial charge in [0.15, 0.2) is 0 Å². The lowest BCUT2D eigenvalue weighted by Crippen LogP contribution is -2.43. The highest BCUT2D eigenvalue weighted by Crippen LogP contribution is 2.42. The zero-order valence-electron chi connectivity index (χ0n) is 11.6. The van der Waals surface area contributed by atoms with Gasteiger partial charge in [-0.3, -0.25) is 4.79 Å². The third-order valence-corrected chi connectivity index (χ3v) is 3.91. The number of amides is 1. The predicted molar refractivity (Wildman–Crippen MR) is 73.7 cm³/mol. The second-order valence-electron chi connectivity index (χ2n) is 5.45. The van der Waals surface area contributed by atoms with Crippen molar-refractivity contribution in [2.24, 2.45) is 5.73 Å². The summed E-state index contributed by atoms with van der Waals surface area (Å²) in [6, 6.07) is 6.98. The number of nitrogens with one attached hydrogen (secondary N) is 1. The highest BCUT2D eigenvalue weighted by molar-refractivity contribution is 5.94. The highest BCUT2D eigenvalue weighted by Gasteiger charge is 2.42. The van der Waals surface area contributed by atoms with Gasteiger partial charge in [0.2, 0.25) is 5.92 Å². The average molecular weight is 282 g/mol. The van der Waals surface area contributed by atoms with Gasteiger partial charge in [-0.15, -0.1) is 0 Å². The van der Waals surface area contributed by atoms with Gasteiger partial charge in [-0.05, 0) is 37.5 Å². The molecule has 0 bridgehead atoms. The summed E-state index contributed by atoms with van der Waals surface area (Å²) in [5.74, 6) is -2.78. The molecule has 5 heteroatoms. The molecule has 1 fully saturated rings. The average Bonchev–Trinajstić information content (AvgIpc) is 2.43. The van der Waals surface area contributed by atoms with Gasteiger partial charge < -0.3 is 11.1 Å². The van der Waals surface area contributed by atoms with Gasteiger partial charge in [0.1, 0.15) is 0 Å². The Morgan fingerprint density at radius 1 is 1.30 bits per heavy atom. The van der Waals surface area contributed by atoms with Crippen LogP contribution in [0.25, 0.3) is 0 Å². The van der Waals surface area contributed by atoms with E-state index in [1.54, 1.807) is 18.2 Å². The number of nitrogens with two attached hydrogens (primary N) is 1. The minimum Gasteiger partial charge on any atom is -0.352 e. The Labute approximate surface area is 117 Å². The van der Waals surface area contributed by atoms with E-state index in [0.717, 1.165) is 5.56 Å². The van der Waals surface area contributed by atoms with Crippen molar-refractivity contribution in [1.82, 2.24) is 5.32 Å². The summed E-state index contributed by atoms with van der Waals surface area (Å²) in [5.41, 5.74) is 6.80. The Bertz CT molecular complexity index is 492. The first-order valence-corrected chi connectivity index (χ1v) is 6.92. The SMILES string of the molecule is CCNC(=O)c1cccc(C2(N)CCC(F)(F)CC2)c1. The first-order chi connectivity index (χ1) is 9.36. The number of hydrogen-bond donors (Lipinski definition) is 2. The first-order valence-electron chi connectivity index (χ1n) is 6.92. The van der Waals surface area contributed by atoms with E-state index in [4.69, 9.17) is 5.73 Å². The molecule has 1 amide bonds.